The standard InChI is InChI=1S/C29H38N2O6.C27H36N2O5/c1-5-6-14-23-19(2)36-29(34)24(15-10-13-22(23)18-21-11-8-7-9-12-21)31-28(33)26-27(37-20(3)32)25(35-4)16-17-30-26;1-4-5-13-21-18(2)34-27(32)22(14-9-12-20(21)17-19-10-7-6-8-11-19)29-26(31)24-25(30)23(33-3)15-16-28-24/h7-9,11-12,16-17,19,22-24H,5-6,10,13-15,18H2,1-4H3,(H,31,33);6-8,10-11,15-16,18,20-22,30H,4-5,9,12-14,17H2,1-3H3,(H,29,31)/t19-,22+,23-,24?;18-,20+,21-,22?/m00/s1. The summed E-state index contributed by atoms with van der Waals surface area (Å²) in [4.78, 5) is 71.9. The van der Waals surface area contributed by atoms with Gasteiger partial charge in [-0.25, -0.2) is 19.6 Å². The lowest BCUT2D eigenvalue weighted by Crippen LogP contribution is -2.43. The zero-order chi connectivity index (χ0) is 51.3. The van der Waals surface area contributed by atoms with Crippen LogP contribution < -0.4 is 24.8 Å². The lowest BCUT2D eigenvalue weighted by atomic mass is 9.78. The molecule has 2 aromatic carbocycles. The van der Waals surface area contributed by atoms with Crippen LogP contribution in [0.1, 0.15) is 144 Å². The Hall–Kier alpha value is -6.51. The SMILES string of the molecule is CCCC[C@@H]1[C@@H](Cc2ccccc2)CCCC(NC(=O)c2nccc(OC)c2O)C(=O)O[C@H]1C.CCCC[C@@H]1[C@@H](Cc2ccccc2)CCCC(NC(=O)c2nccc(OC)c2OC(C)=O)C(=O)O[C@H]1C. The number of unbranched alkanes of at least 4 members (excludes halogenated alkanes) is 2. The maximum absolute atomic E-state index is 13.2. The van der Waals surface area contributed by atoms with E-state index >= 15 is 0 Å². The molecule has 4 aromatic rings. The maximum atomic E-state index is 13.2. The minimum atomic E-state index is -0.838. The number of aromatic hydroxyl groups is 1. The Bertz CT molecular complexity index is 2330. The number of hydrogen-bond donors (Lipinski definition) is 3. The van der Waals surface area contributed by atoms with Gasteiger partial charge in [0, 0.05) is 31.5 Å². The Morgan fingerprint density at radius 1 is 0.648 bits per heavy atom. The smallest absolute Gasteiger partial charge is 0.328 e. The van der Waals surface area contributed by atoms with Crippen molar-refractivity contribution in [2.75, 3.05) is 14.2 Å². The highest BCUT2D eigenvalue weighted by Crippen LogP contribution is 2.36. The monoisotopic (exact) mass is 979 g/mol. The van der Waals surface area contributed by atoms with Crippen LogP contribution in [-0.4, -0.2) is 83.3 Å². The first-order valence-electron chi connectivity index (χ1n) is 25.3. The van der Waals surface area contributed by atoms with Crippen LogP contribution in [0.4, 0.5) is 0 Å². The number of amides is 2. The van der Waals surface area contributed by atoms with Gasteiger partial charge in [-0.15, -0.1) is 0 Å². The summed E-state index contributed by atoms with van der Waals surface area (Å²) in [5.74, 6) is -1.63. The molecule has 2 aromatic heterocycles. The van der Waals surface area contributed by atoms with Crippen LogP contribution in [0, 0.1) is 23.7 Å². The number of methoxy groups -OCH3 is 2. The first-order valence-corrected chi connectivity index (χ1v) is 25.3. The number of pyridine rings is 2. The number of hydrogen-bond acceptors (Lipinski definition) is 13. The van der Waals surface area contributed by atoms with Crippen LogP contribution in [0.3, 0.4) is 0 Å². The number of benzene rings is 2. The molecular weight excluding hydrogens is 905 g/mol. The average Bonchev–Trinajstić information content (AvgIpc) is 3.44. The minimum Gasteiger partial charge on any atom is -0.503 e. The highest BCUT2D eigenvalue weighted by Gasteiger charge is 2.36. The Labute approximate surface area is 419 Å². The van der Waals surface area contributed by atoms with E-state index in [1.807, 2.05) is 26.0 Å². The van der Waals surface area contributed by atoms with Crippen LogP contribution in [0.25, 0.3) is 0 Å². The van der Waals surface area contributed by atoms with E-state index in [0.29, 0.717) is 24.7 Å². The summed E-state index contributed by atoms with van der Waals surface area (Å²) in [7, 11) is 2.80. The van der Waals surface area contributed by atoms with Crippen molar-refractivity contribution in [3.8, 4) is 23.0 Å². The number of rotatable bonds is 17. The summed E-state index contributed by atoms with van der Waals surface area (Å²) in [6, 6.07) is 22.2. The number of aromatic nitrogens is 2. The minimum absolute atomic E-state index is 0.0812. The predicted octanol–water partition coefficient (Wildman–Crippen LogP) is 9.57. The summed E-state index contributed by atoms with van der Waals surface area (Å²) >= 11 is 0. The molecule has 2 aliphatic heterocycles. The van der Waals surface area contributed by atoms with Crippen molar-refractivity contribution in [1.82, 2.24) is 20.6 Å². The molecule has 0 spiro atoms. The molecule has 2 saturated heterocycles. The molecule has 2 fully saturated rings. The van der Waals surface area contributed by atoms with E-state index in [-0.39, 0.29) is 58.4 Å². The second-order valence-corrected chi connectivity index (χ2v) is 18.7. The summed E-state index contributed by atoms with van der Waals surface area (Å²) in [5, 5.41) is 15.8. The normalized spacial score (nSPS) is 22.6. The van der Waals surface area contributed by atoms with E-state index in [0.717, 1.165) is 77.0 Å². The fraction of sp³-hybridized carbons (Fsp3) is 0.518. The van der Waals surface area contributed by atoms with Gasteiger partial charge in [-0.2, -0.15) is 0 Å². The van der Waals surface area contributed by atoms with E-state index in [1.54, 1.807) is 0 Å². The van der Waals surface area contributed by atoms with E-state index < -0.39 is 41.8 Å². The Balaban J connectivity index is 0.000000265. The summed E-state index contributed by atoms with van der Waals surface area (Å²) in [6.45, 7) is 9.50. The van der Waals surface area contributed by atoms with Gasteiger partial charge in [0.15, 0.2) is 28.6 Å². The third-order valence-corrected chi connectivity index (χ3v) is 13.7. The lowest BCUT2D eigenvalue weighted by Gasteiger charge is -2.31. The summed E-state index contributed by atoms with van der Waals surface area (Å²) in [6.07, 6.45) is 14.7. The van der Waals surface area contributed by atoms with E-state index in [2.05, 4.69) is 83.0 Å². The first kappa shape index (κ1) is 55.4. The Kier molecular flexibility index (Phi) is 22.1. The zero-order valence-corrected chi connectivity index (χ0v) is 42.5. The molecule has 0 bridgehead atoms. The molecule has 0 aliphatic carbocycles. The molecular formula is C56H74N4O11. The molecule has 0 radical (unpaired) electrons. The van der Waals surface area contributed by atoms with Gasteiger partial charge in [0.2, 0.25) is 5.75 Å². The number of esters is 3. The van der Waals surface area contributed by atoms with Crippen molar-refractivity contribution in [2.45, 2.75) is 149 Å². The van der Waals surface area contributed by atoms with Gasteiger partial charge in [-0.05, 0) is 100 Å². The molecule has 15 heteroatoms. The highest BCUT2D eigenvalue weighted by atomic mass is 16.6. The molecule has 384 valence electrons. The summed E-state index contributed by atoms with van der Waals surface area (Å²) < 4.78 is 27.4. The van der Waals surface area contributed by atoms with E-state index in [1.165, 1.54) is 56.8 Å². The number of nitrogens with zero attached hydrogens (tertiary/aromatic N) is 2. The highest BCUT2D eigenvalue weighted by molar-refractivity contribution is 5.99. The lowest BCUT2D eigenvalue weighted by molar-refractivity contribution is -0.154. The van der Waals surface area contributed by atoms with Crippen molar-refractivity contribution >= 4 is 29.7 Å². The Morgan fingerprint density at radius 2 is 1.08 bits per heavy atom. The second-order valence-electron chi connectivity index (χ2n) is 18.7. The third-order valence-electron chi connectivity index (χ3n) is 13.7. The molecule has 0 saturated carbocycles. The predicted molar refractivity (Wildman–Crippen MR) is 269 cm³/mol. The molecule has 3 N–H and O–H groups in total. The van der Waals surface area contributed by atoms with Gasteiger partial charge < -0.3 is 39.4 Å². The molecule has 4 heterocycles. The largest absolute Gasteiger partial charge is 0.503 e. The average molecular weight is 979 g/mol. The topological polar surface area (TPSA) is 202 Å². The van der Waals surface area contributed by atoms with E-state index in [9.17, 15) is 29.1 Å². The number of cyclic esters (lactones) is 2. The van der Waals surface area contributed by atoms with Crippen LogP contribution in [0.2, 0.25) is 0 Å². The maximum Gasteiger partial charge on any atom is 0.328 e. The number of carbonyl (C=O) groups excluding carboxylic acids is 5. The fourth-order valence-corrected chi connectivity index (χ4v) is 9.94. The van der Waals surface area contributed by atoms with Gasteiger partial charge in [-0.3, -0.25) is 14.4 Å². The van der Waals surface area contributed by atoms with Crippen LogP contribution >= 0.6 is 0 Å². The molecule has 8 atom stereocenters. The van der Waals surface area contributed by atoms with E-state index in [4.69, 9.17) is 23.7 Å². The molecule has 6 rings (SSSR count). The third kappa shape index (κ3) is 16.3. The van der Waals surface area contributed by atoms with Crippen LogP contribution in [0.5, 0.6) is 23.0 Å². The summed E-state index contributed by atoms with van der Waals surface area (Å²) in [5.41, 5.74) is 2.26. The van der Waals surface area contributed by atoms with Crippen molar-refractivity contribution in [3.63, 3.8) is 0 Å². The molecule has 2 amide bonds. The molecule has 15 nitrogen and oxygen atoms in total. The molecule has 2 unspecified atom stereocenters. The van der Waals surface area contributed by atoms with Gasteiger partial charge in [0.1, 0.15) is 24.3 Å². The molecule has 71 heavy (non-hydrogen) atoms. The van der Waals surface area contributed by atoms with Crippen LogP contribution in [-0.2, 0) is 36.7 Å². The second kappa shape index (κ2) is 28.4. The van der Waals surface area contributed by atoms with Gasteiger partial charge >= 0.3 is 17.9 Å². The van der Waals surface area contributed by atoms with Gasteiger partial charge in [0.25, 0.3) is 11.8 Å². The Morgan fingerprint density at radius 3 is 1.52 bits per heavy atom. The number of ether oxygens (including phenoxy) is 5. The zero-order valence-electron chi connectivity index (χ0n) is 42.5. The van der Waals surface area contributed by atoms with Crippen molar-refractivity contribution in [1.29, 1.82) is 0 Å². The van der Waals surface area contributed by atoms with Crippen molar-refractivity contribution < 1.29 is 52.8 Å². The van der Waals surface area contributed by atoms with Crippen LogP contribution in [0.15, 0.2) is 85.2 Å². The van der Waals surface area contributed by atoms with Crippen molar-refractivity contribution in [3.05, 3.63) is 108 Å². The fourth-order valence-electron chi connectivity index (χ4n) is 9.94. The number of nitrogens with one attached hydrogen (secondary N) is 2. The van der Waals surface area contributed by atoms with Crippen molar-refractivity contribution in [2.24, 2.45) is 23.7 Å². The number of carbonyl (C=O) groups is 5. The first-order chi connectivity index (χ1) is 34.3. The van der Waals surface area contributed by atoms with Gasteiger partial charge in [0.05, 0.1) is 14.2 Å². The quantitative estimate of drug-likeness (QED) is 0.0846. The molecule has 2 aliphatic rings. The van der Waals surface area contributed by atoms with Gasteiger partial charge in [-0.1, -0.05) is 113 Å².